The van der Waals surface area contributed by atoms with Crippen molar-refractivity contribution in [2.75, 3.05) is 0 Å². The van der Waals surface area contributed by atoms with E-state index in [1.54, 1.807) is 24.1 Å². The van der Waals surface area contributed by atoms with Crippen LogP contribution in [0.1, 0.15) is 17.2 Å². The quantitative estimate of drug-likeness (QED) is 0.886. The molecule has 0 aliphatic heterocycles. The van der Waals surface area contributed by atoms with Crippen molar-refractivity contribution in [2.45, 2.75) is 12.5 Å². The molecule has 2 rings (SSSR count). The van der Waals surface area contributed by atoms with Gasteiger partial charge in [0.05, 0.1) is 6.20 Å². The zero-order valence-corrected chi connectivity index (χ0v) is 9.40. The molecule has 0 saturated carbocycles. The average molecular weight is 237 g/mol. The molecule has 5 heteroatoms. The molecule has 0 fully saturated rings. The van der Waals surface area contributed by atoms with Gasteiger partial charge in [-0.2, -0.15) is 5.10 Å². The third-order valence-electron chi connectivity index (χ3n) is 2.60. The van der Waals surface area contributed by atoms with Crippen LogP contribution in [0.4, 0.5) is 8.78 Å². The molecule has 0 spiro atoms. The summed E-state index contributed by atoms with van der Waals surface area (Å²) < 4.78 is 28.0. The molecule has 0 aliphatic carbocycles. The zero-order valence-electron chi connectivity index (χ0n) is 9.40. The summed E-state index contributed by atoms with van der Waals surface area (Å²) in [5.41, 5.74) is 7.00. The van der Waals surface area contributed by atoms with E-state index in [1.807, 2.05) is 0 Å². The molecule has 17 heavy (non-hydrogen) atoms. The van der Waals surface area contributed by atoms with Gasteiger partial charge in [0.1, 0.15) is 11.6 Å². The number of nitrogens with zero attached hydrogens (tertiary/aromatic N) is 2. The molecule has 0 bridgehead atoms. The van der Waals surface area contributed by atoms with E-state index in [0.29, 0.717) is 0 Å². The van der Waals surface area contributed by atoms with Gasteiger partial charge in [0, 0.05) is 24.8 Å². The number of halogens is 2. The largest absolute Gasteiger partial charge is 0.324 e. The third kappa shape index (κ3) is 2.68. The molecule has 0 radical (unpaired) electrons. The Kier molecular flexibility index (Phi) is 3.19. The second-order valence-corrected chi connectivity index (χ2v) is 3.99. The fraction of sp³-hybridized carbons (Fsp3) is 0.250. The van der Waals surface area contributed by atoms with Crippen molar-refractivity contribution in [2.24, 2.45) is 12.8 Å². The molecule has 0 amide bonds. The lowest BCUT2D eigenvalue weighted by Crippen LogP contribution is -2.13. The van der Waals surface area contributed by atoms with Gasteiger partial charge >= 0.3 is 0 Å². The Morgan fingerprint density at radius 2 is 2.18 bits per heavy atom. The lowest BCUT2D eigenvalue weighted by Gasteiger charge is -2.10. The highest BCUT2D eigenvalue weighted by molar-refractivity contribution is 5.22. The standard InChI is InChI=1S/C12H13F2N3/c1-17-7-9(6-16-17)12(15)5-8-4-10(13)2-3-11(8)14/h2-4,6-7,12H,5,15H2,1H3. The van der Waals surface area contributed by atoms with Crippen molar-refractivity contribution in [3.8, 4) is 0 Å². The number of aryl methyl sites for hydroxylation is 1. The first-order valence-corrected chi connectivity index (χ1v) is 5.24. The normalized spacial score (nSPS) is 12.7. The van der Waals surface area contributed by atoms with E-state index in [0.717, 1.165) is 17.7 Å². The van der Waals surface area contributed by atoms with Crippen molar-refractivity contribution < 1.29 is 8.78 Å². The Bertz CT molecular complexity index is 522. The number of hydrogen-bond donors (Lipinski definition) is 1. The number of aromatic nitrogens is 2. The van der Waals surface area contributed by atoms with Gasteiger partial charge in [-0.05, 0) is 30.2 Å². The number of hydrogen-bond acceptors (Lipinski definition) is 2. The molecular formula is C12H13F2N3. The first-order chi connectivity index (χ1) is 8.06. The van der Waals surface area contributed by atoms with Crippen molar-refractivity contribution in [3.63, 3.8) is 0 Å². The van der Waals surface area contributed by atoms with Crippen LogP contribution in [0, 0.1) is 11.6 Å². The van der Waals surface area contributed by atoms with Crippen molar-refractivity contribution >= 4 is 0 Å². The maximum atomic E-state index is 13.4. The highest BCUT2D eigenvalue weighted by Crippen LogP contribution is 2.18. The van der Waals surface area contributed by atoms with Gasteiger partial charge < -0.3 is 5.73 Å². The molecule has 3 nitrogen and oxygen atoms in total. The predicted octanol–water partition coefficient (Wildman–Crippen LogP) is 1.94. The zero-order chi connectivity index (χ0) is 12.4. The Hall–Kier alpha value is -1.75. The number of benzene rings is 1. The summed E-state index contributed by atoms with van der Waals surface area (Å²) in [6, 6.07) is 2.99. The summed E-state index contributed by atoms with van der Waals surface area (Å²) in [6.45, 7) is 0. The minimum atomic E-state index is -0.459. The Balaban J connectivity index is 2.18. The van der Waals surface area contributed by atoms with Crippen LogP contribution in [0.15, 0.2) is 30.6 Å². The van der Waals surface area contributed by atoms with Gasteiger partial charge in [0.15, 0.2) is 0 Å². The lowest BCUT2D eigenvalue weighted by molar-refractivity contribution is 0.572. The fourth-order valence-electron chi connectivity index (χ4n) is 1.69. The Morgan fingerprint density at radius 1 is 1.41 bits per heavy atom. The molecule has 1 aromatic heterocycles. The molecule has 0 saturated heterocycles. The molecular weight excluding hydrogens is 224 g/mol. The van der Waals surface area contributed by atoms with Crippen LogP contribution in [-0.4, -0.2) is 9.78 Å². The van der Waals surface area contributed by atoms with Gasteiger partial charge in [0.25, 0.3) is 0 Å². The van der Waals surface area contributed by atoms with Gasteiger partial charge in [-0.25, -0.2) is 8.78 Å². The van der Waals surface area contributed by atoms with Crippen molar-refractivity contribution in [1.82, 2.24) is 9.78 Å². The van der Waals surface area contributed by atoms with Crippen LogP contribution in [0.5, 0.6) is 0 Å². The third-order valence-corrected chi connectivity index (χ3v) is 2.60. The average Bonchev–Trinajstić information content (AvgIpc) is 2.70. The molecule has 1 unspecified atom stereocenters. The van der Waals surface area contributed by atoms with Crippen LogP contribution in [0.25, 0.3) is 0 Å². The van der Waals surface area contributed by atoms with Gasteiger partial charge in [-0.3, -0.25) is 4.68 Å². The van der Waals surface area contributed by atoms with E-state index in [1.165, 1.54) is 6.07 Å². The minimum Gasteiger partial charge on any atom is -0.324 e. The van der Waals surface area contributed by atoms with Crippen molar-refractivity contribution in [1.29, 1.82) is 0 Å². The topological polar surface area (TPSA) is 43.8 Å². The molecule has 2 N–H and O–H groups in total. The minimum absolute atomic E-state index is 0.245. The van der Waals surface area contributed by atoms with E-state index < -0.39 is 11.6 Å². The van der Waals surface area contributed by atoms with E-state index in [-0.39, 0.29) is 18.0 Å². The maximum absolute atomic E-state index is 13.4. The fourth-order valence-corrected chi connectivity index (χ4v) is 1.69. The van der Waals surface area contributed by atoms with Gasteiger partial charge in [0.2, 0.25) is 0 Å². The number of rotatable bonds is 3. The highest BCUT2D eigenvalue weighted by atomic mass is 19.1. The smallest absolute Gasteiger partial charge is 0.126 e. The Morgan fingerprint density at radius 3 is 2.82 bits per heavy atom. The van der Waals surface area contributed by atoms with Crippen LogP contribution in [-0.2, 0) is 13.5 Å². The first kappa shape index (κ1) is 11.7. The van der Waals surface area contributed by atoms with Gasteiger partial charge in [-0.15, -0.1) is 0 Å². The summed E-state index contributed by atoms with van der Waals surface area (Å²) in [5.74, 6) is -0.898. The molecule has 0 aliphatic rings. The van der Waals surface area contributed by atoms with E-state index in [9.17, 15) is 8.78 Å². The second kappa shape index (κ2) is 4.63. The molecule has 2 aromatic rings. The SMILES string of the molecule is Cn1cc(C(N)Cc2cc(F)ccc2F)cn1. The van der Waals surface area contributed by atoms with E-state index >= 15 is 0 Å². The highest BCUT2D eigenvalue weighted by Gasteiger charge is 2.12. The van der Waals surface area contributed by atoms with Crippen LogP contribution in [0.3, 0.4) is 0 Å². The Labute approximate surface area is 97.9 Å². The monoisotopic (exact) mass is 237 g/mol. The maximum Gasteiger partial charge on any atom is 0.126 e. The lowest BCUT2D eigenvalue weighted by atomic mass is 10.0. The molecule has 1 atom stereocenters. The summed E-state index contributed by atoms with van der Waals surface area (Å²) in [6.07, 6.45) is 3.64. The molecule has 1 heterocycles. The van der Waals surface area contributed by atoms with Crippen molar-refractivity contribution in [3.05, 3.63) is 53.4 Å². The summed E-state index contributed by atoms with van der Waals surface area (Å²) in [5, 5.41) is 3.99. The predicted molar refractivity (Wildman–Crippen MR) is 60.2 cm³/mol. The van der Waals surface area contributed by atoms with E-state index in [2.05, 4.69) is 5.10 Å². The summed E-state index contributed by atoms with van der Waals surface area (Å²) in [4.78, 5) is 0. The van der Waals surface area contributed by atoms with Crippen LogP contribution < -0.4 is 5.73 Å². The van der Waals surface area contributed by atoms with Crippen LogP contribution in [0.2, 0.25) is 0 Å². The molecule has 1 aromatic carbocycles. The summed E-state index contributed by atoms with van der Waals surface area (Å²) >= 11 is 0. The molecule has 90 valence electrons. The first-order valence-electron chi connectivity index (χ1n) is 5.24. The second-order valence-electron chi connectivity index (χ2n) is 3.99. The van der Waals surface area contributed by atoms with Crippen LogP contribution >= 0.6 is 0 Å². The number of nitrogens with two attached hydrogens (primary N) is 1. The van der Waals surface area contributed by atoms with Gasteiger partial charge in [-0.1, -0.05) is 0 Å². The summed E-state index contributed by atoms with van der Waals surface area (Å²) in [7, 11) is 1.78. The van der Waals surface area contributed by atoms with E-state index in [4.69, 9.17) is 5.73 Å².